The molecule has 0 aliphatic carbocycles. The molecule has 0 aromatic carbocycles. The SMILES string of the molecule is CC.CC.CC.CCC(C)(C)CNC. The van der Waals surface area contributed by atoms with Crippen molar-refractivity contribution in [2.24, 2.45) is 5.41 Å². The van der Waals surface area contributed by atoms with Crippen LogP contribution in [0, 0.1) is 5.41 Å². The van der Waals surface area contributed by atoms with Gasteiger partial charge in [-0.25, -0.2) is 0 Å². The van der Waals surface area contributed by atoms with Crippen LogP contribution in [0.3, 0.4) is 0 Å². The molecule has 0 saturated heterocycles. The van der Waals surface area contributed by atoms with Crippen LogP contribution < -0.4 is 5.32 Å². The standard InChI is InChI=1S/C7H17N.3C2H6/c1-5-7(2,3)6-8-4;3*1-2/h8H,5-6H2,1-4H3;3*1-2H3. The van der Waals surface area contributed by atoms with Gasteiger partial charge in [0.15, 0.2) is 0 Å². The van der Waals surface area contributed by atoms with Crippen LogP contribution in [0.15, 0.2) is 0 Å². The van der Waals surface area contributed by atoms with Gasteiger partial charge in [0.25, 0.3) is 0 Å². The van der Waals surface area contributed by atoms with Gasteiger partial charge in [-0.15, -0.1) is 0 Å². The largest absolute Gasteiger partial charge is 0.319 e. The molecule has 14 heavy (non-hydrogen) atoms. The lowest BCUT2D eigenvalue weighted by Gasteiger charge is -2.21. The number of hydrogen-bond donors (Lipinski definition) is 1. The maximum absolute atomic E-state index is 3.16. The van der Waals surface area contributed by atoms with Crippen molar-refractivity contribution < 1.29 is 0 Å². The average Bonchev–Trinajstić information content (AvgIpc) is 2.27. The first-order valence-electron chi connectivity index (χ1n) is 6.27. The first-order chi connectivity index (χ1) is 6.62. The van der Waals surface area contributed by atoms with Gasteiger partial charge < -0.3 is 5.32 Å². The Balaban J connectivity index is -0.0000000708. The van der Waals surface area contributed by atoms with Crippen LogP contribution in [0.2, 0.25) is 0 Å². The zero-order chi connectivity index (χ0) is 12.6. The molecule has 1 heteroatoms. The van der Waals surface area contributed by atoms with Crippen molar-refractivity contribution in [3.63, 3.8) is 0 Å². The van der Waals surface area contributed by atoms with E-state index in [1.807, 2.05) is 48.6 Å². The average molecular weight is 205 g/mol. The second-order valence-electron chi connectivity index (χ2n) is 3.05. The van der Waals surface area contributed by atoms with Crippen molar-refractivity contribution in [1.82, 2.24) is 5.32 Å². The van der Waals surface area contributed by atoms with E-state index in [-0.39, 0.29) is 0 Å². The molecule has 0 rings (SSSR count). The molecule has 0 saturated carbocycles. The molecular weight excluding hydrogens is 170 g/mol. The van der Waals surface area contributed by atoms with Crippen molar-refractivity contribution in [3.05, 3.63) is 0 Å². The van der Waals surface area contributed by atoms with Crippen LogP contribution in [-0.2, 0) is 0 Å². The lowest BCUT2D eigenvalue weighted by Crippen LogP contribution is -2.25. The number of rotatable bonds is 3. The molecule has 0 radical (unpaired) electrons. The molecule has 92 valence electrons. The highest BCUT2D eigenvalue weighted by atomic mass is 14.8. The quantitative estimate of drug-likeness (QED) is 0.703. The Morgan fingerprint density at radius 2 is 1.14 bits per heavy atom. The summed E-state index contributed by atoms with van der Waals surface area (Å²) in [6.07, 6.45) is 1.24. The Kier molecular flexibility index (Phi) is 39.0. The van der Waals surface area contributed by atoms with Gasteiger partial charge in [0, 0.05) is 0 Å². The summed E-state index contributed by atoms with van der Waals surface area (Å²) < 4.78 is 0. The van der Waals surface area contributed by atoms with E-state index < -0.39 is 0 Å². The van der Waals surface area contributed by atoms with E-state index in [4.69, 9.17) is 0 Å². The predicted octanol–water partition coefficient (Wildman–Crippen LogP) is 4.72. The summed E-state index contributed by atoms with van der Waals surface area (Å²) in [7, 11) is 2.00. The van der Waals surface area contributed by atoms with E-state index >= 15 is 0 Å². The molecule has 0 aliphatic heterocycles. The van der Waals surface area contributed by atoms with Gasteiger partial charge in [-0.2, -0.15) is 0 Å². The van der Waals surface area contributed by atoms with Crippen molar-refractivity contribution in [1.29, 1.82) is 0 Å². The zero-order valence-corrected chi connectivity index (χ0v) is 12.4. The molecule has 0 fully saturated rings. The minimum Gasteiger partial charge on any atom is -0.319 e. The Bertz CT molecular complexity index is 58.3. The molecule has 0 heterocycles. The van der Waals surface area contributed by atoms with E-state index in [1.54, 1.807) is 0 Å². The molecule has 1 N–H and O–H groups in total. The topological polar surface area (TPSA) is 12.0 Å². The first-order valence-corrected chi connectivity index (χ1v) is 6.27. The van der Waals surface area contributed by atoms with E-state index in [0.29, 0.717) is 5.41 Å². The molecule has 0 aliphatic rings. The summed E-state index contributed by atoms with van der Waals surface area (Å²) in [6, 6.07) is 0. The Morgan fingerprint density at radius 1 is 0.857 bits per heavy atom. The second kappa shape index (κ2) is 23.1. The fraction of sp³-hybridized carbons (Fsp3) is 1.00. The fourth-order valence-electron chi connectivity index (χ4n) is 0.604. The van der Waals surface area contributed by atoms with Gasteiger partial charge in [-0.05, 0) is 25.4 Å². The lowest BCUT2D eigenvalue weighted by molar-refractivity contribution is 0.339. The van der Waals surface area contributed by atoms with Gasteiger partial charge in [-0.3, -0.25) is 0 Å². The summed E-state index contributed by atoms with van der Waals surface area (Å²) in [5.41, 5.74) is 0.481. The third kappa shape index (κ3) is 29.7. The molecular formula is C13H35N. The van der Waals surface area contributed by atoms with Crippen LogP contribution in [0.5, 0.6) is 0 Å². The van der Waals surface area contributed by atoms with Gasteiger partial charge in [0.1, 0.15) is 0 Å². The minimum atomic E-state index is 0.481. The second-order valence-corrected chi connectivity index (χ2v) is 3.05. The molecule has 0 aromatic rings. The third-order valence-electron chi connectivity index (χ3n) is 1.61. The van der Waals surface area contributed by atoms with E-state index in [0.717, 1.165) is 6.54 Å². The normalized spacial score (nSPS) is 8.14. The predicted molar refractivity (Wildman–Crippen MR) is 72.0 cm³/mol. The van der Waals surface area contributed by atoms with Gasteiger partial charge >= 0.3 is 0 Å². The van der Waals surface area contributed by atoms with Crippen LogP contribution >= 0.6 is 0 Å². The smallest absolute Gasteiger partial charge is 0.0000589 e. The lowest BCUT2D eigenvalue weighted by atomic mass is 9.90. The van der Waals surface area contributed by atoms with Gasteiger partial charge in [0.2, 0.25) is 0 Å². The summed E-state index contributed by atoms with van der Waals surface area (Å²) in [6.45, 7) is 19.9. The molecule has 1 nitrogen and oxygen atoms in total. The Morgan fingerprint density at radius 3 is 1.21 bits per heavy atom. The molecule has 0 bridgehead atoms. The molecule has 0 spiro atoms. The highest BCUT2D eigenvalue weighted by Gasteiger charge is 2.11. The van der Waals surface area contributed by atoms with Crippen LogP contribution in [0.4, 0.5) is 0 Å². The summed E-state index contributed by atoms with van der Waals surface area (Å²) in [5, 5.41) is 3.16. The summed E-state index contributed by atoms with van der Waals surface area (Å²) in [5.74, 6) is 0. The summed E-state index contributed by atoms with van der Waals surface area (Å²) >= 11 is 0. The number of nitrogens with one attached hydrogen (secondary N) is 1. The maximum atomic E-state index is 3.16. The van der Waals surface area contributed by atoms with Crippen LogP contribution in [0.1, 0.15) is 68.7 Å². The minimum absolute atomic E-state index is 0.481. The molecule has 0 aromatic heterocycles. The van der Waals surface area contributed by atoms with Gasteiger partial charge in [0.05, 0.1) is 0 Å². The highest BCUT2D eigenvalue weighted by Crippen LogP contribution is 2.16. The maximum Gasteiger partial charge on any atom is -0.0000589 e. The first kappa shape index (κ1) is 23.6. The Labute approximate surface area is 93.7 Å². The molecule has 0 unspecified atom stereocenters. The van der Waals surface area contributed by atoms with Gasteiger partial charge in [-0.1, -0.05) is 62.3 Å². The molecule has 0 amide bonds. The van der Waals surface area contributed by atoms with Crippen molar-refractivity contribution >= 4 is 0 Å². The van der Waals surface area contributed by atoms with Crippen LogP contribution in [-0.4, -0.2) is 13.6 Å². The van der Waals surface area contributed by atoms with Crippen molar-refractivity contribution in [2.75, 3.05) is 13.6 Å². The van der Waals surface area contributed by atoms with E-state index in [2.05, 4.69) is 26.1 Å². The third-order valence-corrected chi connectivity index (χ3v) is 1.61. The number of hydrogen-bond acceptors (Lipinski definition) is 1. The monoisotopic (exact) mass is 205 g/mol. The highest BCUT2D eigenvalue weighted by molar-refractivity contribution is 4.67. The fourth-order valence-corrected chi connectivity index (χ4v) is 0.604. The van der Waals surface area contributed by atoms with E-state index in [9.17, 15) is 0 Å². The zero-order valence-electron chi connectivity index (χ0n) is 12.4. The van der Waals surface area contributed by atoms with E-state index in [1.165, 1.54) is 6.42 Å². The Hall–Kier alpha value is -0.0400. The van der Waals surface area contributed by atoms with Crippen molar-refractivity contribution in [2.45, 2.75) is 68.7 Å². The molecule has 0 atom stereocenters. The van der Waals surface area contributed by atoms with Crippen molar-refractivity contribution in [3.8, 4) is 0 Å². The van der Waals surface area contributed by atoms with Crippen LogP contribution in [0.25, 0.3) is 0 Å². The summed E-state index contributed by atoms with van der Waals surface area (Å²) in [4.78, 5) is 0.